The van der Waals surface area contributed by atoms with Crippen LogP contribution in [0.5, 0.6) is 0 Å². The molecule has 0 radical (unpaired) electrons. The maximum Gasteiger partial charge on any atom is 0.0700 e. The molecule has 0 amide bonds. The van der Waals surface area contributed by atoms with E-state index in [4.69, 9.17) is 9.47 Å². The van der Waals surface area contributed by atoms with Gasteiger partial charge in [0.05, 0.1) is 13.2 Å². The summed E-state index contributed by atoms with van der Waals surface area (Å²) in [4.78, 5) is 0. The molecule has 0 bridgehead atoms. The van der Waals surface area contributed by atoms with Gasteiger partial charge in [-0.1, -0.05) is 13.3 Å². The molecule has 0 aromatic carbocycles. The standard InChI is InChI=1S/C14H29NO2/c1-3-13-6-7-14(12-13)15-8-4-5-9-17-11-10-16-2/h13-15H,3-12H2,1-2H3. The quantitative estimate of drug-likeness (QED) is 0.598. The van der Waals surface area contributed by atoms with Crippen molar-refractivity contribution in [2.75, 3.05) is 33.5 Å². The topological polar surface area (TPSA) is 30.5 Å². The van der Waals surface area contributed by atoms with Gasteiger partial charge in [0, 0.05) is 19.8 Å². The first kappa shape index (κ1) is 14.9. The van der Waals surface area contributed by atoms with Gasteiger partial charge in [-0.05, 0) is 44.6 Å². The van der Waals surface area contributed by atoms with Crippen LogP contribution < -0.4 is 5.32 Å². The van der Waals surface area contributed by atoms with Crippen molar-refractivity contribution in [2.24, 2.45) is 5.92 Å². The number of rotatable bonds is 10. The number of methoxy groups -OCH3 is 1. The molecule has 0 aromatic heterocycles. The molecule has 1 fully saturated rings. The molecule has 1 aliphatic carbocycles. The zero-order valence-corrected chi connectivity index (χ0v) is 11.5. The fraction of sp³-hybridized carbons (Fsp3) is 1.00. The van der Waals surface area contributed by atoms with Gasteiger partial charge in [-0.15, -0.1) is 0 Å². The minimum Gasteiger partial charge on any atom is -0.382 e. The Kier molecular flexibility index (Phi) is 8.67. The highest BCUT2D eigenvalue weighted by atomic mass is 16.5. The SMILES string of the molecule is CCC1CCC(NCCCCOCCOC)C1. The van der Waals surface area contributed by atoms with E-state index in [-0.39, 0.29) is 0 Å². The normalized spacial score (nSPS) is 24.4. The lowest BCUT2D eigenvalue weighted by Crippen LogP contribution is -2.27. The molecule has 17 heavy (non-hydrogen) atoms. The Hall–Kier alpha value is -0.120. The predicted molar refractivity (Wildman–Crippen MR) is 71.4 cm³/mol. The lowest BCUT2D eigenvalue weighted by molar-refractivity contribution is 0.0687. The molecule has 0 aliphatic heterocycles. The molecule has 1 saturated carbocycles. The molecule has 3 nitrogen and oxygen atoms in total. The van der Waals surface area contributed by atoms with Gasteiger partial charge in [-0.25, -0.2) is 0 Å². The van der Waals surface area contributed by atoms with Gasteiger partial charge in [0.1, 0.15) is 0 Å². The first-order valence-electron chi connectivity index (χ1n) is 7.16. The van der Waals surface area contributed by atoms with Crippen molar-refractivity contribution in [1.29, 1.82) is 0 Å². The smallest absolute Gasteiger partial charge is 0.0700 e. The monoisotopic (exact) mass is 243 g/mol. The van der Waals surface area contributed by atoms with E-state index in [0.717, 1.165) is 38.1 Å². The molecule has 102 valence electrons. The third-order valence-electron chi connectivity index (χ3n) is 3.70. The molecule has 1 rings (SSSR count). The number of nitrogens with one attached hydrogen (secondary N) is 1. The van der Waals surface area contributed by atoms with E-state index in [1.807, 2.05) is 0 Å². The summed E-state index contributed by atoms with van der Waals surface area (Å²) < 4.78 is 10.3. The molecular formula is C14H29NO2. The Morgan fingerprint density at radius 2 is 2.00 bits per heavy atom. The van der Waals surface area contributed by atoms with E-state index in [1.54, 1.807) is 7.11 Å². The van der Waals surface area contributed by atoms with Gasteiger partial charge in [0.2, 0.25) is 0 Å². The zero-order valence-electron chi connectivity index (χ0n) is 11.5. The van der Waals surface area contributed by atoms with Crippen molar-refractivity contribution in [2.45, 2.75) is 51.5 Å². The highest BCUT2D eigenvalue weighted by molar-refractivity contribution is 4.79. The van der Waals surface area contributed by atoms with E-state index < -0.39 is 0 Å². The van der Waals surface area contributed by atoms with Gasteiger partial charge in [-0.3, -0.25) is 0 Å². The summed E-state index contributed by atoms with van der Waals surface area (Å²) in [5.74, 6) is 0.977. The molecule has 1 aliphatic rings. The molecule has 0 aromatic rings. The Morgan fingerprint density at radius 1 is 1.12 bits per heavy atom. The zero-order chi connectivity index (χ0) is 12.3. The van der Waals surface area contributed by atoms with Crippen LogP contribution in [0.15, 0.2) is 0 Å². The number of unbranched alkanes of at least 4 members (excludes halogenated alkanes) is 1. The van der Waals surface area contributed by atoms with Gasteiger partial charge in [0.15, 0.2) is 0 Å². The third-order valence-corrected chi connectivity index (χ3v) is 3.70. The molecule has 2 unspecified atom stereocenters. The van der Waals surface area contributed by atoms with Crippen LogP contribution in [-0.2, 0) is 9.47 Å². The number of hydrogen-bond acceptors (Lipinski definition) is 3. The molecule has 3 heteroatoms. The second-order valence-electron chi connectivity index (χ2n) is 5.05. The van der Waals surface area contributed by atoms with Gasteiger partial charge in [0.25, 0.3) is 0 Å². The summed E-state index contributed by atoms with van der Waals surface area (Å²) in [5, 5.41) is 3.67. The van der Waals surface area contributed by atoms with Crippen molar-refractivity contribution >= 4 is 0 Å². The van der Waals surface area contributed by atoms with E-state index >= 15 is 0 Å². The molecular weight excluding hydrogens is 214 g/mol. The van der Waals surface area contributed by atoms with Crippen LogP contribution in [0, 0.1) is 5.92 Å². The Bertz CT molecular complexity index is 176. The maximum absolute atomic E-state index is 5.43. The molecule has 0 saturated heterocycles. The number of ether oxygens (including phenoxy) is 2. The van der Waals surface area contributed by atoms with E-state index in [0.29, 0.717) is 6.61 Å². The first-order valence-corrected chi connectivity index (χ1v) is 7.16. The van der Waals surface area contributed by atoms with E-state index in [2.05, 4.69) is 12.2 Å². The lowest BCUT2D eigenvalue weighted by atomic mass is 10.1. The average molecular weight is 243 g/mol. The first-order chi connectivity index (χ1) is 8.36. The van der Waals surface area contributed by atoms with Crippen LogP contribution in [0.4, 0.5) is 0 Å². The van der Waals surface area contributed by atoms with Crippen molar-refractivity contribution in [3.05, 3.63) is 0 Å². The largest absolute Gasteiger partial charge is 0.382 e. The summed E-state index contributed by atoms with van der Waals surface area (Å²) in [6.07, 6.45) is 7.92. The van der Waals surface area contributed by atoms with Crippen molar-refractivity contribution < 1.29 is 9.47 Å². The summed E-state index contributed by atoms with van der Waals surface area (Å²) in [6, 6.07) is 0.786. The van der Waals surface area contributed by atoms with Crippen LogP contribution in [-0.4, -0.2) is 39.5 Å². The lowest BCUT2D eigenvalue weighted by Gasteiger charge is -2.12. The third kappa shape index (κ3) is 7.02. The van der Waals surface area contributed by atoms with Crippen LogP contribution in [0.25, 0.3) is 0 Å². The summed E-state index contributed by atoms with van der Waals surface area (Å²) >= 11 is 0. The van der Waals surface area contributed by atoms with Crippen LogP contribution in [0.2, 0.25) is 0 Å². The molecule has 0 spiro atoms. The number of hydrogen-bond donors (Lipinski definition) is 1. The van der Waals surface area contributed by atoms with Gasteiger partial charge in [-0.2, -0.15) is 0 Å². The fourth-order valence-corrected chi connectivity index (χ4v) is 2.51. The average Bonchev–Trinajstić information content (AvgIpc) is 2.80. The second-order valence-corrected chi connectivity index (χ2v) is 5.05. The Morgan fingerprint density at radius 3 is 2.71 bits per heavy atom. The maximum atomic E-state index is 5.43. The Balaban J connectivity index is 1.81. The van der Waals surface area contributed by atoms with Crippen molar-refractivity contribution in [3.63, 3.8) is 0 Å². The van der Waals surface area contributed by atoms with Crippen molar-refractivity contribution in [3.8, 4) is 0 Å². The minimum absolute atomic E-state index is 0.707. The second kappa shape index (κ2) is 9.86. The van der Waals surface area contributed by atoms with Gasteiger partial charge < -0.3 is 14.8 Å². The molecule has 0 heterocycles. The molecule has 2 atom stereocenters. The minimum atomic E-state index is 0.707. The highest BCUT2D eigenvalue weighted by Gasteiger charge is 2.22. The van der Waals surface area contributed by atoms with E-state index in [1.165, 1.54) is 32.1 Å². The van der Waals surface area contributed by atoms with Crippen LogP contribution in [0.1, 0.15) is 45.4 Å². The summed E-state index contributed by atoms with van der Waals surface area (Å²) in [5.41, 5.74) is 0. The fourth-order valence-electron chi connectivity index (χ4n) is 2.51. The molecule has 1 N–H and O–H groups in total. The Labute approximate surface area is 106 Å². The summed E-state index contributed by atoms with van der Waals surface area (Å²) in [6.45, 7) is 5.76. The van der Waals surface area contributed by atoms with Gasteiger partial charge >= 0.3 is 0 Å². The van der Waals surface area contributed by atoms with E-state index in [9.17, 15) is 0 Å². The van der Waals surface area contributed by atoms with Crippen LogP contribution in [0.3, 0.4) is 0 Å². The summed E-state index contributed by atoms with van der Waals surface area (Å²) in [7, 11) is 1.71. The van der Waals surface area contributed by atoms with Crippen molar-refractivity contribution in [1.82, 2.24) is 5.32 Å². The van der Waals surface area contributed by atoms with Crippen LogP contribution >= 0.6 is 0 Å². The highest BCUT2D eigenvalue weighted by Crippen LogP contribution is 2.27. The predicted octanol–water partition coefficient (Wildman–Crippen LogP) is 2.60.